The Morgan fingerprint density at radius 2 is 1.07 bits per heavy atom. The van der Waals surface area contributed by atoms with Crippen molar-refractivity contribution in [3.63, 3.8) is 0 Å². The number of rotatable bonds is 5. The van der Waals surface area contributed by atoms with Crippen molar-refractivity contribution in [3.8, 4) is 0 Å². The fourth-order valence-corrected chi connectivity index (χ4v) is 0.577. The van der Waals surface area contributed by atoms with Crippen molar-refractivity contribution in [2.45, 2.75) is 25.7 Å². The number of hydrogen-bond donors (Lipinski definition) is 2. The molecule has 0 aliphatic rings. The van der Waals surface area contributed by atoms with Crippen LogP contribution < -0.4 is 69.3 Å². The molecule has 74 valence electrons. The molecule has 0 bridgehead atoms. The van der Waals surface area contributed by atoms with Crippen molar-refractivity contribution in [2.24, 2.45) is 0 Å². The van der Waals surface area contributed by atoms with E-state index in [1.807, 2.05) is 0 Å². The largest absolute Gasteiger partial charge is 1.00 e. The molecule has 2 N–H and O–H groups in total. The van der Waals surface area contributed by atoms with Gasteiger partial charge in [-0.05, 0) is 19.0 Å². The Morgan fingerprint density at radius 3 is 1.21 bits per heavy atom. The number of carboxylic acid groups (broad SMARTS) is 2. The van der Waals surface area contributed by atoms with E-state index in [4.69, 9.17) is 25.2 Å². The van der Waals surface area contributed by atoms with Gasteiger partial charge in [0, 0.05) is 13.2 Å². The molecule has 0 saturated carbocycles. The first-order valence-electron chi connectivity index (χ1n) is 3.74. The average Bonchev–Trinajstić information content (AvgIpc) is 1.97. The van der Waals surface area contributed by atoms with Crippen LogP contribution in [0.1, 0.15) is 25.7 Å². The van der Waals surface area contributed by atoms with Crippen molar-refractivity contribution >= 4 is 6.16 Å². The molecule has 0 fully saturated rings. The van der Waals surface area contributed by atoms with E-state index >= 15 is 0 Å². The second kappa shape index (κ2) is 23.8. The zero-order valence-corrected chi connectivity index (χ0v) is 12.9. The smallest absolute Gasteiger partial charge is 0.652 e. The summed E-state index contributed by atoms with van der Waals surface area (Å²) in [6.07, 6.45) is 1.49. The molecule has 14 heavy (non-hydrogen) atoms. The summed E-state index contributed by atoms with van der Waals surface area (Å²) < 4.78 is 0. The zero-order valence-electron chi connectivity index (χ0n) is 8.86. The zero-order chi connectivity index (χ0) is 9.82. The van der Waals surface area contributed by atoms with E-state index in [9.17, 15) is 0 Å². The van der Waals surface area contributed by atoms with Gasteiger partial charge in [0.2, 0.25) is 0 Å². The molecular formula is C7H14Na2O5. The van der Waals surface area contributed by atoms with Gasteiger partial charge in [0.1, 0.15) is 0 Å². The Kier molecular flexibility index (Phi) is 41.5. The number of hydrogen-bond acceptors (Lipinski definition) is 5. The fourth-order valence-electron chi connectivity index (χ4n) is 0.577. The number of carbonyl (C=O) groups is 1. The van der Waals surface area contributed by atoms with Gasteiger partial charge in [-0.25, -0.2) is 0 Å². The Hall–Kier alpha value is 1.19. The molecule has 0 aromatic rings. The van der Waals surface area contributed by atoms with Crippen LogP contribution in [0.5, 0.6) is 0 Å². The molecule has 0 aliphatic carbocycles. The summed E-state index contributed by atoms with van der Waals surface area (Å²) in [6.45, 7) is 0.566. The van der Waals surface area contributed by atoms with Gasteiger partial charge in [0.15, 0.2) is 0 Å². The Morgan fingerprint density at radius 1 is 0.857 bits per heavy atom. The Bertz CT molecular complexity index is 92.1. The first-order chi connectivity index (χ1) is 5.65. The molecule has 0 aromatic carbocycles. The third kappa shape index (κ3) is 51.2. The maximum atomic E-state index is 8.33. The molecule has 7 heteroatoms. The average molecular weight is 224 g/mol. The van der Waals surface area contributed by atoms with Crippen LogP contribution >= 0.6 is 0 Å². The van der Waals surface area contributed by atoms with E-state index < -0.39 is 6.16 Å². The summed E-state index contributed by atoms with van der Waals surface area (Å²) in [7, 11) is 0. The molecule has 0 rings (SSSR count). The second-order valence-electron chi connectivity index (χ2n) is 2.11. The van der Waals surface area contributed by atoms with Crippen molar-refractivity contribution in [1.82, 2.24) is 0 Å². The summed E-state index contributed by atoms with van der Waals surface area (Å²) in [5.41, 5.74) is 0. The van der Waals surface area contributed by atoms with Crippen molar-refractivity contribution in [2.75, 3.05) is 13.2 Å². The van der Waals surface area contributed by atoms with Crippen LogP contribution in [0.15, 0.2) is 0 Å². The van der Waals surface area contributed by atoms with Crippen molar-refractivity contribution < 1.29 is 84.3 Å². The van der Waals surface area contributed by atoms with Gasteiger partial charge < -0.3 is 25.2 Å². The number of unbranched alkanes of at least 4 members (excludes halogenated alkanes) is 3. The summed E-state index contributed by atoms with van der Waals surface area (Å²) >= 11 is 0. The molecule has 0 spiro atoms. The first kappa shape index (κ1) is 24.4. The summed E-state index contributed by atoms with van der Waals surface area (Å²) in [5, 5.41) is 33.3. The predicted molar refractivity (Wildman–Crippen MR) is 38.0 cm³/mol. The molecule has 5 nitrogen and oxygen atoms in total. The summed E-state index contributed by atoms with van der Waals surface area (Å²) in [6, 6.07) is 0. The van der Waals surface area contributed by atoms with Crippen LogP contribution in [0, 0.1) is 0 Å². The molecule has 0 aliphatic heterocycles. The van der Waals surface area contributed by atoms with Crippen LogP contribution in [0.3, 0.4) is 0 Å². The first-order valence-corrected chi connectivity index (χ1v) is 3.74. The topological polar surface area (TPSA) is 104 Å². The van der Waals surface area contributed by atoms with Crippen LogP contribution in [0.4, 0.5) is 4.79 Å². The third-order valence-corrected chi connectivity index (χ3v) is 1.07. The van der Waals surface area contributed by atoms with Crippen LogP contribution in [-0.2, 0) is 0 Å². The summed E-state index contributed by atoms with van der Waals surface area (Å²) in [5.74, 6) is 0. The number of aliphatic hydroxyl groups excluding tert-OH is 2. The van der Waals surface area contributed by atoms with E-state index in [1.54, 1.807) is 0 Å². The monoisotopic (exact) mass is 224 g/mol. The van der Waals surface area contributed by atoms with E-state index in [2.05, 4.69) is 0 Å². The quantitative estimate of drug-likeness (QED) is 0.356. The Labute approximate surface area is 128 Å². The second-order valence-corrected chi connectivity index (χ2v) is 2.11. The van der Waals surface area contributed by atoms with Crippen molar-refractivity contribution in [3.05, 3.63) is 0 Å². The third-order valence-electron chi connectivity index (χ3n) is 1.07. The van der Waals surface area contributed by atoms with Gasteiger partial charge in [-0.2, -0.15) is 0 Å². The maximum absolute atomic E-state index is 8.33. The predicted octanol–water partition coefficient (Wildman–Crippen LogP) is -7.91. The fraction of sp³-hybridized carbons (Fsp3) is 0.857. The van der Waals surface area contributed by atoms with Crippen LogP contribution in [0.25, 0.3) is 0 Å². The minimum Gasteiger partial charge on any atom is -0.652 e. The Balaban J connectivity index is -0.0000000733. The number of aliphatic hydroxyl groups is 2. The number of carbonyl (C=O) groups excluding carboxylic acids is 1. The van der Waals surface area contributed by atoms with Gasteiger partial charge in [-0.15, -0.1) is 0 Å². The summed E-state index contributed by atoms with van der Waals surface area (Å²) in [4.78, 5) is 8.33. The standard InChI is InChI=1S/C6H14O2.CH2O3.2Na/c7-5-3-1-2-4-6-8;2-1(3)4;;/h7-8H,1-6H2;(H2,2,3,4);;/q;;2*+1/p-2. The normalized spacial score (nSPS) is 7.29. The van der Waals surface area contributed by atoms with E-state index in [0.717, 1.165) is 25.7 Å². The minimum atomic E-state index is -2.33. The molecule has 0 radical (unpaired) electrons. The molecule has 0 aromatic heterocycles. The maximum Gasteiger partial charge on any atom is 1.00 e. The van der Waals surface area contributed by atoms with Crippen molar-refractivity contribution in [1.29, 1.82) is 0 Å². The minimum absolute atomic E-state index is 0. The van der Waals surface area contributed by atoms with E-state index in [-0.39, 0.29) is 72.3 Å². The van der Waals surface area contributed by atoms with Gasteiger partial charge >= 0.3 is 59.1 Å². The van der Waals surface area contributed by atoms with Gasteiger partial charge in [-0.3, -0.25) is 0 Å². The van der Waals surface area contributed by atoms with Gasteiger partial charge in [0.25, 0.3) is 0 Å². The van der Waals surface area contributed by atoms with E-state index in [0.29, 0.717) is 0 Å². The van der Waals surface area contributed by atoms with Crippen LogP contribution in [-0.4, -0.2) is 29.6 Å². The SMILES string of the molecule is O=C([O-])[O-].OCCCCCCO.[Na+].[Na+]. The molecule has 0 amide bonds. The van der Waals surface area contributed by atoms with Gasteiger partial charge in [0.05, 0.1) is 0 Å². The van der Waals surface area contributed by atoms with Crippen LogP contribution in [0.2, 0.25) is 0 Å². The molecule has 0 saturated heterocycles. The van der Waals surface area contributed by atoms with Gasteiger partial charge in [-0.1, -0.05) is 12.8 Å². The molecule has 0 unspecified atom stereocenters. The molecule has 0 heterocycles. The molecular weight excluding hydrogens is 210 g/mol. The van der Waals surface area contributed by atoms with E-state index in [1.165, 1.54) is 0 Å². The molecule has 0 atom stereocenters.